The van der Waals surface area contributed by atoms with Crippen LogP contribution >= 0.6 is 0 Å². The molecule has 8 nitrogen and oxygen atoms in total. The lowest BCUT2D eigenvalue weighted by Gasteiger charge is -2.25. The summed E-state index contributed by atoms with van der Waals surface area (Å²) in [6, 6.07) is 0. The number of sulfonamides is 1. The molecule has 0 unspecified atom stereocenters. The Balaban J connectivity index is 1.97. The SMILES string of the molecule is Cn1cnc(CN2C[C@@H](O)[C@](O)(CNS(C)(=O)=O)C2)c1. The smallest absolute Gasteiger partial charge is 0.208 e. The third kappa shape index (κ3) is 3.76. The zero-order chi connectivity index (χ0) is 15.0. The van der Waals surface area contributed by atoms with Crippen molar-refractivity contribution in [3.63, 3.8) is 0 Å². The quantitative estimate of drug-likeness (QED) is 0.574. The number of hydrogen-bond acceptors (Lipinski definition) is 6. The third-order valence-electron chi connectivity index (χ3n) is 3.33. The second-order valence-corrected chi connectivity index (χ2v) is 7.25. The first-order valence-electron chi connectivity index (χ1n) is 6.22. The number of aliphatic hydroxyl groups excluding tert-OH is 1. The number of rotatable bonds is 5. The van der Waals surface area contributed by atoms with Gasteiger partial charge in [-0.2, -0.15) is 0 Å². The van der Waals surface area contributed by atoms with Crippen LogP contribution in [-0.4, -0.2) is 70.7 Å². The molecule has 0 amide bonds. The van der Waals surface area contributed by atoms with Crippen molar-refractivity contribution in [2.75, 3.05) is 25.9 Å². The van der Waals surface area contributed by atoms with Gasteiger partial charge in [0.05, 0.1) is 24.4 Å². The van der Waals surface area contributed by atoms with Gasteiger partial charge >= 0.3 is 0 Å². The van der Waals surface area contributed by atoms with Crippen LogP contribution in [0, 0.1) is 0 Å². The van der Waals surface area contributed by atoms with Crippen molar-refractivity contribution < 1.29 is 18.6 Å². The molecule has 2 heterocycles. The first kappa shape index (κ1) is 15.4. The molecule has 1 aliphatic heterocycles. The van der Waals surface area contributed by atoms with E-state index in [2.05, 4.69) is 9.71 Å². The predicted octanol–water partition coefficient (Wildman–Crippen LogP) is -2.12. The zero-order valence-electron chi connectivity index (χ0n) is 11.5. The highest BCUT2D eigenvalue weighted by molar-refractivity contribution is 7.88. The fourth-order valence-corrected chi connectivity index (χ4v) is 2.81. The Morgan fingerprint density at radius 2 is 2.30 bits per heavy atom. The summed E-state index contributed by atoms with van der Waals surface area (Å²) >= 11 is 0. The predicted molar refractivity (Wildman–Crippen MR) is 72.3 cm³/mol. The van der Waals surface area contributed by atoms with Crippen molar-refractivity contribution in [2.45, 2.75) is 18.2 Å². The van der Waals surface area contributed by atoms with E-state index in [1.165, 1.54) is 0 Å². The van der Waals surface area contributed by atoms with Crippen LogP contribution in [-0.2, 0) is 23.6 Å². The van der Waals surface area contributed by atoms with Crippen molar-refractivity contribution in [1.82, 2.24) is 19.2 Å². The molecule has 3 N–H and O–H groups in total. The lowest BCUT2D eigenvalue weighted by Crippen LogP contribution is -2.51. The number of β-amino-alcohol motifs (C(OH)–C–C–N with tert-alkyl or cyclic N) is 2. The highest BCUT2D eigenvalue weighted by Gasteiger charge is 2.44. The average molecular weight is 304 g/mol. The Bertz CT molecular complexity index is 573. The van der Waals surface area contributed by atoms with Gasteiger partial charge in [0.15, 0.2) is 0 Å². The Morgan fingerprint density at radius 1 is 1.60 bits per heavy atom. The van der Waals surface area contributed by atoms with Gasteiger partial charge in [0.25, 0.3) is 0 Å². The molecule has 9 heteroatoms. The Kier molecular flexibility index (Phi) is 4.17. The molecule has 0 aromatic carbocycles. The Labute approximate surface area is 118 Å². The van der Waals surface area contributed by atoms with Crippen LogP contribution in [0.4, 0.5) is 0 Å². The number of imidazole rings is 1. The minimum Gasteiger partial charge on any atom is -0.389 e. The molecule has 0 spiro atoms. The van der Waals surface area contributed by atoms with Crippen molar-refractivity contribution in [1.29, 1.82) is 0 Å². The molecule has 0 saturated carbocycles. The topological polar surface area (TPSA) is 108 Å². The molecule has 1 aliphatic rings. The van der Waals surface area contributed by atoms with Gasteiger partial charge in [-0.15, -0.1) is 0 Å². The monoisotopic (exact) mass is 304 g/mol. The molecule has 114 valence electrons. The van der Waals surface area contributed by atoms with Crippen LogP contribution in [0.1, 0.15) is 5.69 Å². The summed E-state index contributed by atoms with van der Waals surface area (Å²) in [4.78, 5) is 6.03. The first-order valence-corrected chi connectivity index (χ1v) is 8.11. The standard InChI is InChI=1S/C11H20N4O4S/c1-14-3-9(12-8-14)4-15-5-10(16)11(17,7-15)6-13-20(2,18)19/h3,8,10,13,16-17H,4-7H2,1-2H3/t10-,11+/m1/s1. The highest BCUT2D eigenvalue weighted by atomic mass is 32.2. The highest BCUT2D eigenvalue weighted by Crippen LogP contribution is 2.22. The summed E-state index contributed by atoms with van der Waals surface area (Å²) in [5.74, 6) is 0. The molecule has 20 heavy (non-hydrogen) atoms. The van der Waals surface area contributed by atoms with Gasteiger partial charge in [0, 0.05) is 39.4 Å². The van der Waals surface area contributed by atoms with E-state index >= 15 is 0 Å². The van der Waals surface area contributed by atoms with Gasteiger partial charge in [-0.05, 0) is 0 Å². The number of aryl methyl sites for hydroxylation is 1. The van der Waals surface area contributed by atoms with Crippen LogP contribution in [0.15, 0.2) is 12.5 Å². The minimum absolute atomic E-state index is 0.188. The molecular formula is C11H20N4O4S. The number of nitrogens with zero attached hydrogens (tertiary/aromatic N) is 3. The minimum atomic E-state index is -3.40. The first-order chi connectivity index (χ1) is 9.18. The van der Waals surface area contributed by atoms with E-state index in [1.807, 2.05) is 22.7 Å². The van der Waals surface area contributed by atoms with Gasteiger partial charge in [-0.25, -0.2) is 18.1 Å². The van der Waals surface area contributed by atoms with Gasteiger partial charge in [-0.1, -0.05) is 0 Å². The number of hydrogen-bond donors (Lipinski definition) is 3. The molecule has 1 aromatic heterocycles. The fourth-order valence-electron chi connectivity index (χ4n) is 2.30. The number of likely N-dealkylation sites (tertiary alicyclic amines) is 1. The van der Waals surface area contributed by atoms with Gasteiger partial charge < -0.3 is 14.8 Å². The van der Waals surface area contributed by atoms with Crippen molar-refractivity contribution >= 4 is 10.0 Å². The molecule has 0 radical (unpaired) electrons. The summed E-state index contributed by atoms with van der Waals surface area (Å²) in [6.45, 7) is 0.760. The number of aliphatic hydroxyl groups is 2. The van der Waals surface area contributed by atoms with Crippen molar-refractivity contribution in [3.8, 4) is 0 Å². The lowest BCUT2D eigenvalue weighted by atomic mass is 10.0. The summed E-state index contributed by atoms with van der Waals surface area (Å²) in [5.41, 5.74) is -0.641. The lowest BCUT2D eigenvalue weighted by molar-refractivity contribution is -0.0354. The molecule has 1 saturated heterocycles. The number of nitrogens with one attached hydrogen (secondary N) is 1. The van der Waals surface area contributed by atoms with E-state index in [0.717, 1.165) is 11.9 Å². The maximum absolute atomic E-state index is 11.1. The molecule has 1 aromatic rings. The molecule has 2 rings (SSSR count). The van der Waals surface area contributed by atoms with Crippen LogP contribution in [0.5, 0.6) is 0 Å². The van der Waals surface area contributed by atoms with Gasteiger partial charge in [0.1, 0.15) is 5.60 Å². The molecular weight excluding hydrogens is 284 g/mol. The maximum atomic E-state index is 11.1. The Morgan fingerprint density at radius 3 is 2.85 bits per heavy atom. The molecule has 2 atom stereocenters. The maximum Gasteiger partial charge on any atom is 0.208 e. The van der Waals surface area contributed by atoms with E-state index in [-0.39, 0.29) is 19.6 Å². The van der Waals surface area contributed by atoms with Crippen LogP contribution in [0.2, 0.25) is 0 Å². The third-order valence-corrected chi connectivity index (χ3v) is 4.00. The molecule has 1 fully saturated rings. The summed E-state index contributed by atoms with van der Waals surface area (Å²) in [5, 5.41) is 20.3. The van der Waals surface area contributed by atoms with Crippen molar-refractivity contribution in [2.24, 2.45) is 7.05 Å². The normalized spacial score (nSPS) is 28.1. The van der Waals surface area contributed by atoms with E-state index in [4.69, 9.17) is 0 Å². The van der Waals surface area contributed by atoms with Crippen molar-refractivity contribution in [3.05, 3.63) is 18.2 Å². The average Bonchev–Trinajstić information content (AvgIpc) is 2.82. The van der Waals surface area contributed by atoms with Gasteiger partial charge in [-0.3, -0.25) is 4.90 Å². The van der Waals surface area contributed by atoms with Crippen LogP contribution < -0.4 is 4.72 Å². The fraction of sp³-hybridized carbons (Fsp3) is 0.727. The summed E-state index contributed by atoms with van der Waals surface area (Å²) in [7, 11) is -1.54. The van der Waals surface area contributed by atoms with Crippen LogP contribution in [0.3, 0.4) is 0 Å². The number of aromatic nitrogens is 2. The second kappa shape index (κ2) is 5.41. The zero-order valence-corrected chi connectivity index (χ0v) is 12.3. The molecule has 0 aliphatic carbocycles. The summed E-state index contributed by atoms with van der Waals surface area (Å²) < 4.78 is 26.2. The van der Waals surface area contributed by atoms with E-state index < -0.39 is 21.7 Å². The molecule has 0 bridgehead atoms. The largest absolute Gasteiger partial charge is 0.389 e. The van der Waals surface area contributed by atoms with E-state index in [1.54, 1.807) is 6.33 Å². The van der Waals surface area contributed by atoms with E-state index in [9.17, 15) is 18.6 Å². The van der Waals surface area contributed by atoms with Crippen LogP contribution in [0.25, 0.3) is 0 Å². The van der Waals surface area contributed by atoms with Gasteiger partial charge in [0.2, 0.25) is 10.0 Å². The van der Waals surface area contributed by atoms with E-state index in [0.29, 0.717) is 6.54 Å². The second-order valence-electron chi connectivity index (χ2n) is 5.41. The Hall–Kier alpha value is -1.00. The summed E-state index contributed by atoms with van der Waals surface area (Å²) in [6.07, 6.45) is 3.56.